The van der Waals surface area contributed by atoms with E-state index in [1.165, 1.54) is 5.56 Å². The second kappa shape index (κ2) is 4.88. The molecule has 108 valence electrons. The topological polar surface area (TPSA) is 34.0 Å². The smallest absolute Gasteiger partial charge is 0.264 e. The quantitative estimate of drug-likeness (QED) is 0.734. The number of para-hydroxylation sites is 1. The maximum atomic E-state index is 12.7. The molecular weight excluding hydrogens is 272 g/mol. The van der Waals surface area contributed by atoms with Crippen LogP contribution in [0.2, 0.25) is 0 Å². The lowest BCUT2D eigenvalue weighted by atomic mass is 10.0. The van der Waals surface area contributed by atoms with Crippen molar-refractivity contribution < 1.29 is 4.79 Å². The lowest BCUT2D eigenvalue weighted by Crippen LogP contribution is -2.15. The van der Waals surface area contributed by atoms with E-state index in [-0.39, 0.29) is 11.9 Å². The molecule has 4 rings (SSSR count). The average Bonchev–Trinajstić information content (AvgIpc) is 2.99. The molecule has 0 saturated carbocycles. The number of hydrogen-bond donors (Lipinski definition) is 1. The molecular formula is C19H16N2O. The van der Waals surface area contributed by atoms with E-state index in [2.05, 4.69) is 36.5 Å². The molecule has 0 aliphatic carbocycles. The number of aryl methyl sites for hydroxylation is 1. The van der Waals surface area contributed by atoms with Gasteiger partial charge in [0.05, 0.1) is 17.3 Å². The van der Waals surface area contributed by atoms with E-state index in [1.54, 1.807) is 4.57 Å². The first-order valence-electron chi connectivity index (χ1n) is 7.38. The van der Waals surface area contributed by atoms with Gasteiger partial charge < -0.3 is 5.32 Å². The second-order valence-corrected chi connectivity index (χ2v) is 5.64. The van der Waals surface area contributed by atoms with Gasteiger partial charge in [0, 0.05) is 11.9 Å². The predicted molar refractivity (Wildman–Crippen MR) is 87.2 cm³/mol. The predicted octanol–water partition coefficient (Wildman–Crippen LogP) is 4.00. The molecule has 3 nitrogen and oxygen atoms in total. The normalized spacial score (nSPS) is 16.4. The third-order valence-electron chi connectivity index (χ3n) is 4.16. The minimum atomic E-state index is -0.0387. The van der Waals surface area contributed by atoms with Gasteiger partial charge in [-0.1, -0.05) is 42.0 Å². The summed E-state index contributed by atoms with van der Waals surface area (Å²) in [6.45, 7) is 2.08. The van der Waals surface area contributed by atoms with Gasteiger partial charge in [-0.3, -0.25) is 9.36 Å². The Kier molecular flexibility index (Phi) is 2.86. The first kappa shape index (κ1) is 12.9. The van der Waals surface area contributed by atoms with Crippen LogP contribution in [0, 0.1) is 6.92 Å². The van der Waals surface area contributed by atoms with Crippen LogP contribution in [0.3, 0.4) is 0 Å². The largest absolute Gasteiger partial charge is 0.372 e. The molecule has 2 heterocycles. The Morgan fingerprint density at radius 1 is 0.955 bits per heavy atom. The zero-order valence-electron chi connectivity index (χ0n) is 12.3. The van der Waals surface area contributed by atoms with Gasteiger partial charge in [-0.05, 0) is 36.8 Å². The summed E-state index contributed by atoms with van der Waals surface area (Å²) in [6, 6.07) is 20.0. The molecule has 0 spiro atoms. The van der Waals surface area contributed by atoms with Crippen molar-refractivity contribution in [2.24, 2.45) is 0 Å². The minimum absolute atomic E-state index is 0.0118. The van der Waals surface area contributed by atoms with Gasteiger partial charge in [0.25, 0.3) is 5.91 Å². The second-order valence-electron chi connectivity index (χ2n) is 5.64. The van der Waals surface area contributed by atoms with Crippen LogP contribution in [0.15, 0.2) is 66.9 Å². The van der Waals surface area contributed by atoms with Gasteiger partial charge in [-0.15, -0.1) is 0 Å². The third-order valence-corrected chi connectivity index (χ3v) is 4.16. The van der Waals surface area contributed by atoms with E-state index in [0.717, 1.165) is 16.9 Å². The highest BCUT2D eigenvalue weighted by Gasteiger charge is 2.26. The molecule has 1 aliphatic heterocycles. The monoisotopic (exact) mass is 288 g/mol. The van der Waals surface area contributed by atoms with Gasteiger partial charge in [-0.2, -0.15) is 0 Å². The first-order chi connectivity index (χ1) is 10.7. The van der Waals surface area contributed by atoms with Crippen LogP contribution in [0.1, 0.15) is 33.2 Å². The number of carbonyl (C=O) groups is 1. The highest BCUT2D eigenvalue weighted by molar-refractivity contribution is 6.02. The molecule has 0 fully saturated rings. The Hall–Kier alpha value is -2.81. The summed E-state index contributed by atoms with van der Waals surface area (Å²) < 4.78 is 1.74. The van der Waals surface area contributed by atoms with Crippen LogP contribution < -0.4 is 5.32 Å². The van der Waals surface area contributed by atoms with Crippen LogP contribution in [-0.2, 0) is 0 Å². The Bertz CT molecular complexity index is 846. The van der Waals surface area contributed by atoms with Crippen LogP contribution in [-0.4, -0.2) is 10.5 Å². The Balaban J connectivity index is 1.91. The summed E-state index contributed by atoms with van der Waals surface area (Å²) in [5.74, 6) is 0.0118. The van der Waals surface area contributed by atoms with E-state index >= 15 is 0 Å². The number of fused-ring (bicyclic) bond motifs is 2. The van der Waals surface area contributed by atoms with E-state index in [9.17, 15) is 4.79 Å². The number of carbonyl (C=O) groups excluding carboxylic acids is 1. The lowest BCUT2D eigenvalue weighted by Gasteiger charge is -2.19. The van der Waals surface area contributed by atoms with Crippen molar-refractivity contribution in [1.82, 2.24) is 4.57 Å². The summed E-state index contributed by atoms with van der Waals surface area (Å²) in [6.07, 6.45) is 1.84. The van der Waals surface area contributed by atoms with Gasteiger partial charge in [0.15, 0.2) is 0 Å². The van der Waals surface area contributed by atoms with Crippen LogP contribution in [0.5, 0.6) is 0 Å². The van der Waals surface area contributed by atoms with E-state index in [4.69, 9.17) is 0 Å². The summed E-state index contributed by atoms with van der Waals surface area (Å²) in [7, 11) is 0. The fourth-order valence-electron chi connectivity index (χ4n) is 2.98. The fraction of sp³-hybridized carbons (Fsp3) is 0.105. The third kappa shape index (κ3) is 1.94. The Morgan fingerprint density at radius 2 is 1.73 bits per heavy atom. The van der Waals surface area contributed by atoms with Crippen molar-refractivity contribution in [3.8, 4) is 0 Å². The van der Waals surface area contributed by atoms with E-state index in [1.807, 2.05) is 42.6 Å². The van der Waals surface area contributed by atoms with Crippen LogP contribution in [0.25, 0.3) is 0 Å². The number of nitrogens with zero attached hydrogens (tertiary/aromatic N) is 1. The van der Waals surface area contributed by atoms with Crippen molar-refractivity contribution in [3.05, 3.63) is 89.2 Å². The molecule has 1 aromatic heterocycles. The van der Waals surface area contributed by atoms with Crippen molar-refractivity contribution in [3.63, 3.8) is 0 Å². The Labute approximate surface area is 129 Å². The SMILES string of the molecule is Cc1ccc(C2Nc3ccccc3C(=O)n3cccc32)cc1. The van der Waals surface area contributed by atoms with Crippen molar-refractivity contribution in [2.75, 3.05) is 5.32 Å². The molecule has 22 heavy (non-hydrogen) atoms. The zero-order chi connectivity index (χ0) is 15.1. The standard InChI is InChI=1S/C19H16N2O/c1-13-8-10-14(11-9-13)18-17-7-4-12-21(17)19(22)15-5-2-3-6-16(15)20-18/h2-12,18,20H,1H3. The maximum absolute atomic E-state index is 12.7. The fourth-order valence-corrected chi connectivity index (χ4v) is 2.98. The van der Waals surface area contributed by atoms with E-state index in [0.29, 0.717) is 5.56 Å². The molecule has 2 aromatic carbocycles. The Morgan fingerprint density at radius 3 is 2.55 bits per heavy atom. The molecule has 0 radical (unpaired) electrons. The molecule has 1 aliphatic rings. The van der Waals surface area contributed by atoms with Gasteiger partial charge in [0.1, 0.15) is 0 Å². The molecule has 1 unspecified atom stereocenters. The number of nitrogens with one attached hydrogen (secondary N) is 1. The molecule has 1 atom stereocenters. The minimum Gasteiger partial charge on any atom is -0.372 e. The highest BCUT2D eigenvalue weighted by atomic mass is 16.2. The molecule has 0 amide bonds. The average molecular weight is 288 g/mol. The zero-order valence-corrected chi connectivity index (χ0v) is 12.3. The molecule has 3 aromatic rings. The number of rotatable bonds is 1. The van der Waals surface area contributed by atoms with E-state index < -0.39 is 0 Å². The summed E-state index contributed by atoms with van der Waals surface area (Å²) >= 11 is 0. The molecule has 3 heteroatoms. The molecule has 0 saturated heterocycles. The highest BCUT2D eigenvalue weighted by Crippen LogP contribution is 2.32. The van der Waals surface area contributed by atoms with Crippen molar-refractivity contribution in [2.45, 2.75) is 13.0 Å². The van der Waals surface area contributed by atoms with Crippen LogP contribution >= 0.6 is 0 Å². The maximum Gasteiger partial charge on any atom is 0.264 e. The number of benzene rings is 2. The summed E-state index contributed by atoms with van der Waals surface area (Å²) in [5, 5.41) is 3.53. The summed E-state index contributed by atoms with van der Waals surface area (Å²) in [4.78, 5) is 12.7. The number of anilines is 1. The van der Waals surface area contributed by atoms with Crippen molar-refractivity contribution >= 4 is 11.6 Å². The van der Waals surface area contributed by atoms with Crippen LogP contribution in [0.4, 0.5) is 5.69 Å². The van der Waals surface area contributed by atoms with Gasteiger partial charge in [-0.25, -0.2) is 0 Å². The number of aromatic nitrogens is 1. The van der Waals surface area contributed by atoms with Gasteiger partial charge >= 0.3 is 0 Å². The molecule has 1 N–H and O–H groups in total. The summed E-state index contributed by atoms with van der Waals surface area (Å²) in [5.41, 5.74) is 4.92. The lowest BCUT2D eigenvalue weighted by molar-refractivity contribution is 0.0959. The first-order valence-corrected chi connectivity index (χ1v) is 7.38. The van der Waals surface area contributed by atoms with Gasteiger partial charge in [0.2, 0.25) is 0 Å². The van der Waals surface area contributed by atoms with Crippen molar-refractivity contribution in [1.29, 1.82) is 0 Å². The molecule has 0 bridgehead atoms. The number of hydrogen-bond acceptors (Lipinski definition) is 2.